The molecule has 0 radical (unpaired) electrons. The van der Waals surface area contributed by atoms with Crippen molar-refractivity contribution in [1.29, 1.82) is 0 Å². The molecule has 0 aliphatic heterocycles. The summed E-state index contributed by atoms with van der Waals surface area (Å²) in [7, 11) is 1.58. The summed E-state index contributed by atoms with van der Waals surface area (Å²) in [4.78, 5) is 10.7. The summed E-state index contributed by atoms with van der Waals surface area (Å²) >= 11 is 0. The first-order valence-electron chi connectivity index (χ1n) is 5.21. The predicted molar refractivity (Wildman–Crippen MR) is 64.5 cm³/mol. The molecule has 3 N–H and O–H groups in total. The minimum Gasteiger partial charge on any atom is -0.497 e. The van der Waals surface area contributed by atoms with E-state index in [0.717, 1.165) is 17.0 Å². The first-order valence-corrected chi connectivity index (χ1v) is 5.21. The van der Waals surface area contributed by atoms with Crippen molar-refractivity contribution in [1.82, 2.24) is 0 Å². The average Bonchev–Trinajstić information content (AvgIpc) is 2.27. The standard InChI is InChI=1S/C12H17NO4/c1-8-6-9(17-3)4-5-10(8)13-7-12(2,16)11(14)15/h4-6,13,16H,7H2,1-3H3,(H,14,15). The first-order chi connectivity index (χ1) is 7.86. The van der Waals surface area contributed by atoms with Crippen LogP contribution in [0.3, 0.4) is 0 Å². The molecule has 1 rings (SSSR count). The maximum absolute atomic E-state index is 10.7. The molecule has 5 nitrogen and oxygen atoms in total. The highest BCUT2D eigenvalue weighted by Crippen LogP contribution is 2.21. The van der Waals surface area contributed by atoms with Crippen molar-refractivity contribution >= 4 is 11.7 Å². The highest BCUT2D eigenvalue weighted by atomic mass is 16.5. The second-order valence-electron chi connectivity index (χ2n) is 4.11. The van der Waals surface area contributed by atoms with E-state index in [1.54, 1.807) is 19.2 Å². The zero-order valence-electron chi connectivity index (χ0n) is 10.2. The first kappa shape index (κ1) is 13.3. The Morgan fingerprint density at radius 3 is 2.65 bits per heavy atom. The van der Waals surface area contributed by atoms with Gasteiger partial charge in [-0.1, -0.05) is 0 Å². The number of aliphatic hydroxyl groups is 1. The lowest BCUT2D eigenvalue weighted by Crippen LogP contribution is -2.41. The minimum atomic E-state index is -1.79. The fraction of sp³-hybridized carbons (Fsp3) is 0.417. The Kier molecular flexibility index (Phi) is 3.96. The number of ether oxygens (including phenoxy) is 1. The molecule has 1 aromatic carbocycles. The quantitative estimate of drug-likeness (QED) is 0.720. The smallest absolute Gasteiger partial charge is 0.337 e. The molecule has 0 aromatic heterocycles. The molecule has 17 heavy (non-hydrogen) atoms. The maximum atomic E-state index is 10.7. The van der Waals surface area contributed by atoms with Gasteiger partial charge in [0.15, 0.2) is 5.60 Å². The SMILES string of the molecule is COc1ccc(NCC(C)(O)C(=O)O)c(C)c1. The fourth-order valence-corrected chi connectivity index (χ4v) is 1.30. The Hall–Kier alpha value is -1.75. The number of anilines is 1. The number of hydrogen-bond donors (Lipinski definition) is 3. The molecule has 1 atom stereocenters. The van der Waals surface area contributed by atoms with Gasteiger partial charge in [0, 0.05) is 5.69 Å². The van der Waals surface area contributed by atoms with E-state index in [0.29, 0.717) is 0 Å². The lowest BCUT2D eigenvalue weighted by molar-refractivity contribution is -0.155. The van der Waals surface area contributed by atoms with Crippen LogP contribution in [0.2, 0.25) is 0 Å². The van der Waals surface area contributed by atoms with Gasteiger partial charge in [0.05, 0.1) is 13.7 Å². The number of rotatable bonds is 5. The number of carboxylic acid groups (broad SMARTS) is 1. The monoisotopic (exact) mass is 239 g/mol. The van der Waals surface area contributed by atoms with Crippen molar-refractivity contribution in [2.75, 3.05) is 19.0 Å². The van der Waals surface area contributed by atoms with Crippen molar-refractivity contribution in [3.63, 3.8) is 0 Å². The number of methoxy groups -OCH3 is 1. The minimum absolute atomic E-state index is 0.0600. The molecule has 0 saturated heterocycles. The van der Waals surface area contributed by atoms with Crippen molar-refractivity contribution in [2.24, 2.45) is 0 Å². The summed E-state index contributed by atoms with van der Waals surface area (Å²) in [5.74, 6) is -0.519. The third kappa shape index (κ3) is 3.35. The molecule has 5 heteroatoms. The molecule has 0 aliphatic rings. The van der Waals surface area contributed by atoms with Crippen molar-refractivity contribution in [2.45, 2.75) is 19.4 Å². The van der Waals surface area contributed by atoms with E-state index in [2.05, 4.69) is 5.32 Å². The number of aryl methyl sites for hydroxylation is 1. The Morgan fingerprint density at radius 2 is 2.18 bits per heavy atom. The van der Waals surface area contributed by atoms with Gasteiger partial charge in [-0.25, -0.2) is 4.79 Å². The lowest BCUT2D eigenvalue weighted by Gasteiger charge is -2.20. The highest BCUT2D eigenvalue weighted by Gasteiger charge is 2.29. The van der Waals surface area contributed by atoms with Crippen LogP contribution in [0.25, 0.3) is 0 Å². The van der Waals surface area contributed by atoms with Crippen LogP contribution in [0.1, 0.15) is 12.5 Å². The number of benzene rings is 1. The van der Waals surface area contributed by atoms with Crippen LogP contribution in [0.5, 0.6) is 5.75 Å². The Labute approximate surface area is 100 Å². The lowest BCUT2D eigenvalue weighted by atomic mass is 10.1. The molecule has 94 valence electrons. The Balaban J connectivity index is 2.73. The van der Waals surface area contributed by atoms with E-state index in [-0.39, 0.29) is 6.54 Å². The van der Waals surface area contributed by atoms with E-state index in [4.69, 9.17) is 9.84 Å². The van der Waals surface area contributed by atoms with Crippen molar-refractivity contribution < 1.29 is 19.7 Å². The zero-order valence-corrected chi connectivity index (χ0v) is 10.2. The normalized spacial score (nSPS) is 13.9. The highest BCUT2D eigenvalue weighted by molar-refractivity contribution is 5.77. The number of hydrogen-bond acceptors (Lipinski definition) is 4. The number of nitrogens with one attached hydrogen (secondary N) is 1. The third-order valence-corrected chi connectivity index (χ3v) is 2.52. The van der Waals surface area contributed by atoms with E-state index in [1.807, 2.05) is 13.0 Å². The summed E-state index contributed by atoms with van der Waals surface area (Å²) in [6, 6.07) is 5.38. The Morgan fingerprint density at radius 1 is 1.53 bits per heavy atom. The summed E-state index contributed by atoms with van der Waals surface area (Å²) in [6.45, 7) is 3.07. The molecule has 0 bridgehead atoms. The molecule has 0 aliphatic carbocycles. The van der Waals surface area contributed by atoms with Gasteiger partial charge >= 0.3 is 5.97 Å². The summed E-state index contributed by atoms with van der Waals surface area (Å²) in [6.07, 6.45) is 0. The molecule has 0 fully saturated rings. The fourth-order valence-electron chi connectivity index (χ4n) is 1.30. The number of aliphatic carboxylic acids is 1. The Bertz CT molecular complexity index is 415. The average molecular weight is 239 g/mol. The van der Waals surface area contributed by atoms with Gasteiger partial charge in [-0.3, -0.25) is 0 Å². The molecular formula is C12H17NO4. The number of carbonyl (C=O) groups is 1. The molecule has 1 unspecified atom stereocenters. The van der Waals surface area contributed by atoms with Crippen LogP contribution in [0.15, 0.2) is 18.2 Å². The van der Waals surface area contributed by atoms with Gasteiger partial charge in [0.25, 0.3) is 0 Å². The van der Waals surface area contributed by atoms with E-state index in [9.17, 15) is 9.90 Å². The van der Waals surface area contributed by atoms with Crippen LogP contribution in [-0.4, -0.2) is 35.4 Å². The van der Waals surface area contributed by atoms with E-state index >= 15 is 0 Å². The van der Waals surface area contributed by atoms with Gasteiger partial charge < -0.3 is 20.3 Å². The van der Waals surface area contributed by atoms with Crippen molar-refractivity contribution in [3.8, 4) is 5.75 Å². The summed E-state index contributed by atoms with van der Waals surface area (Å²) < 4.78 is 5.06. The maximum Gasteiger partial charge on any atom is 0.337 e. The van der Waals surface area contributed by atoms with E-state index < -0.39 is 11.6 Å². The molecule has 0 amide bonds. The molecule has 0 saturated carbocycles. The summed E-state index contributed by atoms with van der Waals surface area (Å²) in [5, 5.41) is 21.2. The van der Waals surface area contributed by atoms with Crippen LogP contribution in [0, 0.1) is 6.92 Å². The second-order valence-corrected chi connectivity index (χ2v) is 4.11. The van der Waals surface area contributed by atoms with Crippen LogP contribution in [-0.2, 0) is 4.79 Å². The number of carboxylic acids is 1. The third-order valence-electron chi connectivity index (χ3n) is 2.52. The molecule has 0 spiro atoms. The molecular weight excluding hydrogens is 222 g/mol. The van der Waals surface area contributed by atoms with E-state index in [1.165, 1.54) is 6.92 Å². The largest absolute Gasteiger partial charge is 0.497 e. The summed E-state index contributed by atoms with van der Waals surface area (Å²) in [5.41, 5.74) is -0.0929. The predicted octanol–water partition coefficient (Wildman–Crippen LogP) is 1.25. The van der Waals surface area contributed by atoms with Crippen LogP contribution >= 0.6 is 0 Å². The topological polar surface area (TPSA) is 78.8 Å². The van der Waals surface area contributed by atoms with Gasteiger partial charge in [-0.15, -0.1) is 0 Å². The van der Waals surface area contributed by atoms with Gasteiger partial charge in [0.2, 0.25) is 0 Å². The van der Waals surface area contributed by atoms with Crippen LogP contribution < -0.4 is 10.1 Å². The van der Waals surface area contributed by atoms with Gasteiger partial charge in [-0.05, 0) is 37.6 Å². The second kappa shape index (κ2) is 5.05. The van der Waals surface area contributed by atoms with Crippen molar-refractivity contribution in [3.05, 3.63) is 23.8 Å². The molecule has 0 heterocycles. The molecule has 1 aromatic rings. The van der Waals surface area contributed by atoms with Crippen LogP contribution in [0.4, 0.5) is 5.69 Å². The van der Waals surface area contributed by atoms with Gasteiger partial charge in [-0.2, -0.15) is 0 Å². The van der Waals surface area contributed by atoms with Gasteiger partial charge in [0.1, 0.15) is 5.75 Å². The zero-order chi connectivity index (χ0) is 13.1.